The minimum atomic E-state index is 0.731. The third-order valence-corrected chi connectivity index (χ3v) is 3.65. The third-order valence-electron chi connectivity index (χ3n) is 3.65. The van der Waals surface area contributed by atoms with E-state index in [1.54, 1.807) is 0 Å². The van der Waals surface area contributed by atoms with Crippen molar-refractivity contribution in [3.8, 4) is 0 Å². The molecular formula is C11H21NO. The largest absolute Gasteiger partial charge is 0.378 e. The summed E-state index contributed by atoms with van der Waals surface area (Å²) in [5.41, 5.74) is 0. The monoisotopic (exact) mass is 183 g/mol. The molecule has 2 rings (SSSR count). The molecule has 0 saturated carbocycles. The maximum atomic E-state index is 5.53. The zero-order valence-electron chi connectivity index (χ0n) is 8.83. The highest BCUT2D eigenvalue weighted by Gasteiger charge is 2.31. The van der Waals surface area contributed by atoms with Crippen LogP contribution in [0.2, 0.25) is 0 Å². The molecular weight excluding hydrogens is 162 g/mol. The fourth-order valence-electron chi connectivity index (χ4n) is 2.61. The summed E-state index contributed by atoms with van der Waals surface area (Å²) >= 11 is 0. The van der Waals surface area contributed by atoms with E-state index in [0.29, 0.717) is 0 Å². The number of rotatable bonds is 1. The normalized spacial score (nSPS) is 36.2. The van der Waals surface area contributed by atoms with Gasteiger partial charge in [-0.3, -0.25) is 4.90 Å². The Kier molecular flexibility index (Phi) is 2.89. The van der Waals surface area contributed by atoms with Crippen LogP contribution in [0.15, 0.2) is 0 Å². The van der Waals surface area contributed by atoms with Crippen LogP contribution in [0, 0.1) is 11.8 Å². The molecule has 2 aliphatic heterocycles. The van der Waals surface area contributed by atoms with Crippen molar-refractivity contribution in [2.24, 2.45) is 11.8 Å². The fourth-order valence-corrected chi connectivity index (χ4v) is 2.61. The molecule has 0 bridgehead atoms. The van der Waals surface area contributed by atoms with Crippen molar-refractivity contribution in [1.82, 2.24) is 4.90 Å². The van der Waals surface area contributed by atoms with Crippen molar-refractivity contribution < 1.29 is 4.74 Å². The van der Waals surface area contributed by atoms with Gasteiger partial charge in [0.2, 0.25) is 0 Å². The molecule has 2 unspecified atom stereocenters. The number of fused-ring (bicyclic) bond motifs is 1. The summed E-state index contributed by atoms with van der Waals surface area (Å²) in [6.07, 6.45) is 2.76. The Bertz CT molecular complexity index is 169. The van der Waals surface area contributed by atoms with Crippen LogP contribution in [0.5, 0.6) is 0 Å². The summed E-state index contributed by atoms with van der Waals surface area (Å²) in [4.78, 5) is 2.61. The maximum absolute atomic E-state index is 5.53. The Hall–Kier alpha value is -0.0800. The van der Waals surface area contributed by atoms with Crippen LogP contribution < -0.4 is 0 Å². The molecule has 2 heteroatoms. The molecule has 0 aromatic heterocycles. The molecule has 76 valence electrons. The molecule has 0 spiro atoms. The molecule has 0 N–H and O–H groups in total. The average molecular weight is 183 g/mol. The lowest BCUT2D eigenvalue weighted by Gasteiger charge is -2.43. The Labute approximate surface area is 81.3 Å². The smallest absolute Gasteiger partial charge is 0.0622 e. The maximum Gasteiger partial charge on any atom is 0.0622 e. The molecule has 2 atom stereocenters. The Balaban J connectivity index is 1.91. The molecule has 2 heterocycles. The molecule has 0 amide bonds. The molecule has 0 radical (unpaired) electrons. The highest BCUT2D eigenvalue weighted by molar-refractivity contribution is 4.84. The van der Waals surface area contributed by atoms with Crippen LogP contribution in [-0.2, 0) is 4.74 Å². The van der Waals surface area contributed by atoms with Crippen molar-refractivity contribution in [1.29, 1.82) is 0 Å². The van der Waals surface area contributed by atoms with Crippen molar-refractivity contribution in [2.75, 3.05) is 26.3 Å². The van der Waals surface area contributed by atoms with E-state index in [2.05, 4.69) is 18.7 Å². The summed E-state index contributed by atoms with van der Waals surface area (Å²) in [7, 11) is 0. The van der Waals surface area contributed by atoms with Crippen LogP contribution in [0.3, 0.4) is 0 Å². The Morgan fingerprint density at radius 3 is 2.92 bits per heavy atom. The van der Waals surface area contributed by atoms with Gasteiger partial charge in [0.05, 0.1) is 13.2 Å². The zero-order valence-corrected chi connectivity index (χ0v) is 8.83. The summed E-state index contributed by atoms with van der Waals surface area (Å²) in [5.74, 6) is 1.78. The van der Waals surface area contributed by atoms with Gasteiger partial charge in [0, 0.05) is 12.6 Å². The van der Waals surface area contributed by atoms with Gasteiger partial charge < -0.3 is 4.74 Å². The molecule has 2 saturated heterocycles. The summed E-state index contributed by atoms with van der Waals surface area (Å²) in [5, 5.41) is 0. The van der Waals surface area contributed by atoms with Crippen LogP contribution in [0.25, 0.3) is 0 Å². The van der Waals surface area contributed by atoms with E-state index in [0.717, 1.165) is 37.6 Å². The lowest BCUT2D eigenvalue weighted by Crippen LogP contribution is -2.50. The molecule has 0 aromatic carbocycles. The minimum absolute atomic E-state index is 0.731. The van der Waals surface area contributed by atoms with Gasteiger partial charge in [-0.2, -0.15) is 0 Å². The van der Waals surface area contributed by atoms with E-state index < -0.39 is 0 Å². The molecule has 2 aliphatic rings. The van der Waals surface area contributed by atoms with Crippen LogP contribution >= 0.6 is 0 Å². The highest BCUT2D eigenvalue weighted by Crippen LogP contribution is 2.29. The molecule has 13 heavy (non-hydrogen) atoms. The first kappa shape index (κ1) is 9.47. The van der Waals surface area contributed by atoms with E-state index in [1.165, 1.54) is 19.4 Å². The number of piperidine rings is 1. The van der Waals surface area contributed by atoms with Gasteiger partial charge in [-0.25, -0.2) is 0 Å². The molecule has 0 aromatic rings. The van der Waals surface area contributed by atoms with E-state index in [1.807, 2.05) is 0 Å². The topological polar surface area (TPSA) is 12.5 Å². The van der Waals surface area contributed by atoms with Gasteiger partial charge in [-0.05, 0) is 31.2 Å². The van der Waals surface area contributed by atoms with Crippen molar-refractivity contribution >= 4 is 0 Å². The number of hydrogen-bond donors (Lipinski definition) is 0. The lowest BCUT2D eigenvalue weighted by atomic mass is 9.83. The summed E-state index contributed by atoms with van der Waals surface area (Å²) < 4.78 is 5.53. The second kappa shape index (κ2) is 3.97. The number of ether oxygens (including phenoxy) is 1. The standard InChI is InChI=1S/C11H21NO/c1-9(2)10-3-4-12-5-6-13-8-11(12)7-10/h9-11H,3-8H2,1-2H3. The second-order valence-electron chi connectivity index (χ2n) is 4.79. The Morgan fingerprint density at radius 2 is 2.15 bits per heavy atom. The van der Waals surface area contributed by atoms with Crippen molar-refractivity contribution in [3.63, 3.8) is 0 Å². The highest BCUT2D eigenvalue weighted by atomic mass is 16.5. The SMILES string of the molecule is CC(C)C1CCN2CCOCC2C1. The number of nitrogens with zero attached hydrogens (tertiary/aromatic N) is 1. The van der Waals surface area contributed by atoms with E-state index in [4.69, 9.17) is 4.74 Å². The first-order valence-electron chi connectivity index (χ1n) is 5.59. The summed E-state index contributed by atoms with van der Waals surface area (Å²) in [6, 6.07) is 0.731. The number of hydrogen-bond acceptors (Lipinski definition) is 2. The molecule has 2 fully saturated rings. The quantitative estimate of drug-likeness (QED) is 0.614. The van der Waals surface area contributed by atoms with Crippen molar-refractivity contribution in [3.05, 3.63) is 0 Å². The van der Waals surface area contributed by atoms with Gasteiger partial charge in [-0.1, -0.05) is 13.8 Å². The van der Waals surface area contributed by atoms with Crippen LogP contribution in [0.1, 0.15) is 26.7 Å². The van der Waals surface area contributed by atoms with E-state index >= 15 is 0 Å². The second-order valence-corrected chi connectivity index (χ2v) is 4.79. The predicted octanol–water partition coefficient (Wildman–Crippen LogP) is 1.75. The number of morpholine rings is 1. The zero-order chi connectivity index (χ0) is 9.26. The first-order valence-corrected chi connectivity index (χ1v) is 5.59. The van der Waals surface area contributed by atoms with E-state index in [9.17, 15) is 0 Å². The molecule has 2 nitrogen and oxygen atoms in total. The van der Waals surface area contributed by atoms with Gasteiger partial charge in [0.25, 0.3) is 0 Å². The van der Waals surface area contributed by atoms with E-state index in [-0.39, 0.29) is 0 Å². The fraction of sp³-hybridized carbons (Fsp3) is 1.00. The van der Waals surface area contributed by atoms with Gasteiger partial charge in [-0.15, -0.1) is 0 Å². The van der Waals surface area contributed by atoms with Crippen LogP contribution in [-0.4, -0.2) is 37.2 Å². The predicted molar refractivity (Wildman–Crippen MR) is 53.7 cm³/mol. The van der Waals surface area contributed by atoms with Gasteiger partial charge in [0.15, 0.2) is 0 Å². The third kappa shape index (κ3) is 2.05. The minimum Gasteiger partial charge on any atom is -0.378 e. The lowest BCUT2D eigenvalue weighted by molar-refractivity contribution is -0.0399. The Morgan fingerprint density at radius 1 is 1.31 bits per heavy atom. The first-order chi connectivity index (χ1) is 6.27. The van der Waals surface area contributed by atoms with Crippen molar-refractivity contribution in [2.45, 2.75) is 32.7 Å². The van der Waals surface area contributed by atoms with Crippen LogP contribution in [0.4, 0.5) is 0 Å². The average Bonchev–Trinajstić information content (AvgIpc) is 2.17. The van der Waals surface area contributed by atoms with Gasteiger partial charge in [0.1, 0.15) is 0 Å². The summed E-state index contributed by atoms with van der Waals surface area (Å²) in [6.45, 7) is 9.09. The molecule has 0 aliphatic carbocycles. The van der Waals surface area contributed by atoms with Gasteiger partial charge >= 0.3 is 0 Å².